The zero-order valence-corrected chi connectivity index (χ0v) is 10.2. The molecular formula is C12H21NO3. The number of piperidine rings is 1. The van der Waals surface area contributed by atoms with Crippen molar-refractivity contribution in [3.8, 4) is 0 Å². The average Bonchev–Trinajstić information content (AvgIpc) is 2.20. The highest BCUT2D eigenvalue weighted by molar-refractivity contribution is 6.00. The molecule has 1 aliphatic rings. The van der Waals surface area contributed by atoms with E-state index in [4.69, 9.17) is 4.74 Å². The van der Waals surface area contributed by atoms with Crippen LogP contribution in [-0.2, 0) is 14.3 Å². The Hall–Kier alpha value is -0.900. The molecular weight excluding hydrogens is 206 g/mol. The van der Waals surface area contributed by atoms with Gasteiger partial charge in [-0.3, -0.25) is 9.59 Å². The van der Waals surface area contributed by atoms with Gasteiger partial charge < -0.3 is 9.64 Å². The first kappa shape index (κ1) is 13.2. The van der Waals surface area contributed by atoms with Crippen LogP contribution in [0.3, 0.4) is 0 Å². The summed E-state index contributed by atoms with van der Waals surface area (Å²) < 4.78 is 5.44. The summed E-state index contributed by atoms with van der Waals surface area (Å²) in [6, 6.07) is 0. The molecule has 1 saturated heterocycles. The summed E-state index contributed by atoms with van der Waals surface area (Å²) in [6.45, 7) is 6.98. The lowest BCUT2D eigenvalue weighted by Crippen LogP contribution is -2.39. The first-order valence-corrected chi connectivity index (χ1v) is 5.97. The van der Waals surface area contributed by atoms with Crippen molar-refractivity contribution < 1.29 is 14.3 Å². The highest BCUT2D eigenvalue weighted by atomic mass is 16.5. The van der Waals surface area contributed by atoms with Gasteiger partial charge in [0.05, 0.1) is 6.42 Å². The number of nitrogens with zero attached hydrogens (tertiary/aromatic N) is 1. The minimum absolute atomic E-state index is 0.0277. The molecule has 0 radical (unpaired) electrons. The van der Waals surface area contributed by atoms with Crippen molar-refractivity contribution in [2.75, 3.05) is 26.3 Å². The van der Waals surface area contributed by atoms with E-state index in [9.17, 15) is 9.59 Å². The second-order valence-corrected chi connectivity index (χ2v) is 4.67. The molecule has 16 heavy (non-hydrogen) atoms. The van der Waals surface area contributed by atoms with Crippen LogP contribution in [0.4, 0.5) is 0 Å². The van der Waals surface area contributed by atoms with E-state index in [1.54, 1.807) is 4.90 Å². The summed E-state index contributed by atoms with van der Waals surface area (Å²) in [5.74, 6) is 0.589. The lowest BCUT2D eigenvalue weighted by Gasteiger charge is -2.25. The number of likely N-dealkylation sites (tertiary alicyclic amines) is 1. The highest BCUT2D eigenvalue weighted by Gasteiger charge is 2.22. The second kappa shape index (κ2) is 6.63. The number of rotatable bonds is 6. The molecule has 0 saturated carbocycles. The third-order valence-corrected chi connectivity index (χ3v) is 2.53. The van der Waals surface area contributed by atoms with E-state index in [1.165, 1.54) is 0 Å². The Balaban J connectivity index is 2.09. The van der Waals surface area contributed by atoms with Crippen molar-refractivity contribution in [2.45, 2.75) is 33.1 Å². The van der Waals surface area contributed by atoms with E-state index >= 15 is 0 Å². The zero-order valence-electron chi connectivity index (χ0n) is 10.2. The molecule has 0 aromatic heterocycles. The van der Waals surface area contributed by atoms with Crippen LogP contribution in [0.25, 0.3) is 0 Å². The van der Waals surface area contributed by atoms with E-state index in [-0.39, 0.29) is 18.1 Å². The standard InChI is InChI=1S/C12H21NO3/c1-10(2)9-16-7-3-5-13-6-4-11(14)8-12(13)15/h10H,3-9H2,1-2H3. The van der Waals surface area contributed by atoms with Crippen LogP contribution in [0.15, 0.2) is 0 Å². The number of Topliss-reactive ketones (excluding diaryl/α,β-unsaturated/α-hetero) is 1. The largest absolute Gasteiger partial charge is 0.381 e. The number of amides is 1. The van der Waals surface area contributed by atoms with Crippen molar-refractivity contribution in [1.82, 2.24) is 4.90 Å². The number of ether oxygens (including phenoxy) is 1. The minimum atomic E-state index is -0.0277. The third-order valence-electron chi connectivity index (χ3n) is 2.53. The first-order chi connectivity index (χ1) is 7.59. The van der Waals surface area contributed by atoms with E-state index in [2.05, 4.69) is 13.8 Å². The van der Waals surface area contributed by atoms with Gasteiger partial charge in [-0.15, -0.1) is 0 Å². The van der Waals surface area contributed by atoms with Crippen molar-refractivity contribution in [3.63, 3.8) is 0 Å². The number of ketones is 1. The predicted octanol–water partition coefficient (Wildman–Crippen LogP) is 1.24. The van der Waals surface area contributed by atoms with Gasteiger partial charge in [-0.25, -0.2) is 0 Å². The molecule has 0 spiro atoms. The smallest absolute Gasteiger partial charge is 0.230 e. The number of hydrogen-bond donors (Lipinski definition) is 0. The highest BCUT2D eigenvalue weighted by Crippen LogP contribution is 2.07. The average molecular weight is 227 g/mol. The van der Waals surface area contributed by atoms with Gasteiger partial charge in [0.2, 0.25) is 5.91 Å². The topological polar surface area (TPSA) is 46.6 Å². The zero-order chi connectivity index (χ0) is 12.0. The predicted molar refractivity (Wildman–Crippen MR) is 61.1 cm³/mol. The Bertz CT molecular complexity index is 251. The summed E-state index contributed by atoms with van der Waals surface area (Å²) in [5.41, 5.74) is 0. The van der Waals surface area contributed by atoms with Crippen LogP contribution in [0.5, 0.6) is 0 Å². The van der Waals surface area contributed by atoms with Gasteiger partial charge in [-0.2, -0.15) is 0 Å². The van der Waals surface area contributed by atoms with Crippen LogP contribution in [0, 0.1) is 5.92 Å². The van der Waals surface area contributed by atoms with E-state index in [0.717, 1.165) is 13.0 Å². The maximum atomic E-state index is 11.4. The molecule has 0 atom stereocenters. The number of hydrogen-bond acceptors (Lipinski definition) is 3. The summed E-state index contributed by atoms with van der Waals surface area (Å²) in [7, 11) is 0. The summed E-state index contributed by atoms with van der Waals surface area (Å²) in [5, 5.41) is 0. The molecule has 4 heteroatoms. The van der Waals surface area contributed by atoms with Gasteiger partial charge in [0.25, 0.3) is 0 Å². The van der Waals surface area contributed by atoms with Crippen LogP contribution < -0.4 is 0 Å². The summed E-state index contributed by atoms with van der Waals surface area (Å²) in [6.07, 6.45) is 1.46. The van der Waals surface area contributed by atoms with E-state index < -0.39 is 0 Å². The first-order valence-electron chi connectivity index (χ1n) is 5.97. The fourth-order valence-electron chi connectivity index (χ4n) is 1.67. The van der Waals surface area contributed by atoms with Crippen LogP contribution in [0.1, 0.15) is 33.1 Å². The number of carbonyl (C=O) groups is 2. The molecule has 1 aliphatic heterocycles. The maximum absolute atomic E-state index is 11.4. The molecule has 0 N–H and O–H groups in total. The normalized spacial score (nSPS) is 17.3. The molecule has 0 bridgehead atoms. The van der Waals surface area contributed by atoms with Crippen molar-refractivity contribution in [2.24, 2.45) is 5.92 Å². The summed E-state index contributed by atoms with van der Waals surface area (Å²) >= 11 is 0. The molecule has 0 aromatic rings. The molecule has 4 nitrogen and oxygen atoms in total. The lowest BCUT2D eigenvalue weighted by atomic mass is 10.1. The summed E-state index contributed by atoms with van der Waals surface area (Å²) in [4.78, 5) is 24.2. The SMILES string of the molecule is CC(C)COCCCN1CCC(=O)CC1=O. The monoisotopic (exact) mass is 227 g/mol. The fourth-order valence-corrected chi connectivity index (χ4v) is 1.67. The Kier molecular flexibility index (Phi) is 5.46. The van der Waals surface area contributed by atoms with Crippen LogP contribution in [-0.4, -0.2) is 42.9 Å². The molecule has 0 aliphatic carbocycles. The minimum Gasteiger partial charge on any atom is -0.381 e. The third kappa shape index (κ3) is 4.75. The Morgan fingerprint density at radius 1 is 1.38 bits per heavy atom. The molecule has 1 amide bonds. The number of carbonyl (C=O) groups excluding carboxylic acids is 2. The molecule has 0 aromatic carbocycles. The molecule has 1 fully saturated rings. The second-order valence-electron chi connectivity index (χ2n) is 4.67. The van der Waals surface area contributed by atoms with Gasteiger partial charge in [0.1, 0.15) is 5.78 Å². The molecule has 1 heterocycles. The fraction of sp³-hybridized carbons (Fsp3) is 0.833. The van der Waals surface area contributed by atoms with Gasteiger partial charge in [0, 0.05) is 32.7 Å². The van der Waals surface area contributed by atoms with Crippen molar-refractivity contribution in [3.05, 3.63) is 0 Å². The Morgan fingerprint density at radius 3 is 2.75 bits per heavy atom. The van der Waals surface area contributed by atoms with Gasteiger partial charge in [-0.1, -0.05) is 13.8 Å². The van der Waals surface area contributed by atoms with Crippen molar-refractivity contribution in [1.29, 1.82) is 0 Å². The van der Waals surface area contributed by atoms with E-state index in [1.807, 2.05) is 0 Å². The van der Waals surface area contributed by atoms with Crippen molar-refractivity contribution >= 4 is 11.7 Å². The van der Waals surface area contributed by atoms with Gasteiger partial charge >= 0.3 is 0 Å². The van der Waals surface area contributed by atoms with Gasteiger partial charge in [-0.05, 0) is 12.3 Å². The molecule has 1 rings (SSSR count). The maximum Gasteiger partial charge on any atom is 0.230 e. The van der Waals surface area contributed by atoms with Gasteiger partial charge in [0.15, 0.2) is 0 Å². The lowest BCUT2D eigenvalue weighted by molar-refractivity contribution is -0.139. The van der Waals surface area contributed by atoms with E-state index in [0.29, 0.717) is 32.0 Å². The molecule has 92 valence electrons. The Morgan fingerprint density at radius 2 is 2.12 bits per heavy atom. The van der Waals surface area contributed by atoms with Crippen LogP contribution in [0.2, 0.25) is 0 Å². The van der Waals surface area contributed by atoms with Crippen LogP contribution >= 0.6 is 0 Å². The molecule has 0 unspecified atom stereocenters. The quantitative estimate of drug-likeness (QED) is 0.506. The Labute approximate surface area is 96.9 Å².